The molecule has 0 aliphatic carbocycles. The van der Waals surface area contributed by atoms with E-state index in [9.17, 15) is 5.11 Å². The lowest BCUT2D eigenvalue weighted by atomic mass is 9.96. The van der Waals surface area contributed by atoms with Gasteiger partial charge in [0, 0.05) is 12.2 Å². The van der Waals surface area contributed by atoms with Gasteiger partial charge in [0.2, 0.25) is 0 Å². The second-order valence-corrected chi connectivity index (χ2v) is 6.53. The number of aliphatic hydroxyl groups is 1. The molecule has 2 aromatic carbocycles. The first-order valence-electron chi connectivity index (χ1n) is 8.37. The lowest BCUT2D eigenvalue weighted by molar-refractivity contribution is 0.128. The van der Waals surface area contributed by atoms with E-state index < -0.39 is 6.10 Å². The minimum absolute atomic E-state index is 0. The van der Waals surface area contributed by atoms with E-state index in [1.54, 1.807) is 0 Å². The summed E-state index contributed by atoms with van der Waals surface area (Å²) in [5, 5.41) is 13.6. The molecule has 132 valence electrons. The predicted octanol–water partition coefficient (Wildman–Crippen LogP) is 4.52. The van der Waals surface area contributed by atoms with E-state index in [1.807, 2.05) is 42.5 Å². The molecule has 0 saturated carbocycles. The predicted molar refractivity (Wildman–Crippen MR) is 104 cm³/mol. The van der Waals surface area contributed by atoms with Gasteiger partial charge >= 0.3 is 0 Å². The van der Waals surface area contributed by atoms with Gasteiger partial charge in [0.25, 0.3) is 0 Å². The van der Waals surface area contributed by atoms with E-state index in [0.29, 0.717) is 5.92 Å². The topological polar surface area (TPSA) is 58.3 Å². The maximum Gasteiger partial charge on any atom is 0.0732 e. The highest BCUT2D eigenvalue weighted by atomic mass is 35.5. The summed E-state index contributed by atoms with van der Waals surface area (Å²) >= 11 is 0. The van der Waals surface area contributed by atoms with Crippen LogP contribution in [0.4, 0.5) is 5.69 Å². The van der Waals surface area contributed by atoms with E-state index >= 15 is 0 Å². The summed E-state index contributed by atoms with van der Waals surface area (Å²) in [6.45, 7) is 5.11. The fourth-order valence-electron chi connectivity index (χ4n) is 2.53. The summed E-state index contributed by atoms with van der Waals surface area (Å²) in [6, 6.07) is 18.0. The van der Waals surface area contributed by atoms with Gasteiger partial charge in [-0.25, -0.2) is 0 Å². The Kier molecular flexibility index (Phi) is 8.83. The zero-order valence-electron chi connectivity index (χ0n) is 14.5. The van der Waals surface area contributed by atoms with E-state index in [-0.39, 0.29) is 18.4 Å². The van der Waals surface area contributed by atoms with Crippen LogP contribution in [0.15, 0.2) is 54.6 Å². The highest BCUT2D eigenvalue weighted by Crippen LogP contribution is 2.21. The molecule has 0 amide bonds. The average Bonchev–Trinajstić information content (AvgIpc) is 2.58. The van der Waals surface area contributed by atoms with Gasteiger partial charge in [-0.15, -0.1) is 12.4 Å². The van der Waals surface area contributed by atoms with Crippen LogP contribution >= 0.6 is 12.4 Å². The Morgan fingerprint density at radius 3 is 2.17 bits per heavy atom. The van der Waals surface area contributed by atoms with Crippen molar-refractivity contribution < 1.29 is 5.11 Å². The number of anilines is 1. The third-order valence-electron chi connectivity index (χ3n) is 4.09. The van der Waals surface area contributed by atoms with Crippen LogP contribution in [0.2, 0.25) is 0 Å². The second-order valence-electron chi connectivity index (χ2n) is 6.53. The highest BCUT2D eigenvalue weighted by Gasteiger charge is 2.16. The van der Waals surface area contributed by atoms with Crippen molar-refractivity contribution in [2.75, 3.05) is 5.32 Å². The van der Waals surface area contributed by atoms with Crippen LogP contribution in [0.5, 0.6) is 0 Å². The Hall–Kier alpha value is -1.55. The van der Waals surface area contributed by atoms with Crippen molar-refractivity contribution >= 4 is 18.1 Å². The second kappa shape index (κ2) is 10.3. The molecule has 0 radical (unpaired) electrons. The van der Waals surface area contributed by atoms with Gasteiger partial charge in [0.15, 0.2) is 0 Å². The van der Waals surface area contributed by atoms with Crippen molar-refractivity contribution in [3.05, 3.63) is 65.7 Å². The standard InChI is InChI=1S/C20H28N2O.ClH/c1-15(2)8-13-19(23)20(21)17-9-11-18(12-10-17)22-14-16-6-4-3-5-7-16;/h3-7,9-12,15,19-20,22-23H,8,13-14,21H2,1-2H3;1H/t19-,20+;/m0./s1. The Balaban J connectivity index is 0.00000288. The van der Waals surface area contributed by atoms with E-state index in [1.165, 1.54) is 5.56 Å². The van der Waals surface area contributed by atoms with Gasteiger partial charge in [0.05, 0.1) is 12.1 Å². The molecule has 4 N–H and O–H groups in total. The lowest BCUT2D eigenvalue weighted by Gasteiger charge is -2.20. The number of hydrogen-bond donors (Lipinski definition) is 3. The monoisotopic (exact) mass is 348 g/mol. The van der Waals surface area contributed by atoms with E-state index in [4.69, 9.17) is 5.73 Å². The normalized spacial score (nSPS) is 13.2. The van der Waals surface area contributed by atoms with Crippen LogP contribution in [0.1, 0.15) is 43.9 Å². The van der Waals surface area contributed by atoms with Crippen molar-refractivity contribution in [1.82, 2.24) is 0 Å². The van der Waals surface area contributed by atoms with Crippen molar-refractivity contribution in [3.63, 3.8) is 0 Å². The van der Waals surface area contributed by atoms with Gasteiger partial charge in [-0.3, -0.25) is 0 Å². The number of halogens is 1. The third-order valence-corrected chi connectivity index (χ3v) is 4.09. The van der Waals surface area contributed by atoms with Crippen LogP contribution < -0.4 is 11.1 Å². The average molecular weight is 349 g/mol. The zero-order valence-corrected chi connectivity index (χ0v) is 15.3. The number of benzene rings is 2. The Labute approximate surface area is 151 Å². The summed E-state index contributed by atoms with van der Waals surface area (Å²) in [7, 11) is 0. The van der Waals surface area contributed by atoms with Crippen LogP contribution in [0.25, 0.3) is 0 Å². The number of aliphatic hydroxyl groups excluding tert-OH is 1. The quantitative estimate of drug-likeness (QED) is 0.657. The van der Waals surface area contributed by atoms with Crippen molar-refractivity contribution in [3.8, 4) is 0 Å². The lowest BCUT2D eigenvalue weighted by Crippen LogP contribution is -2.26. The van der Waals surface area contributed by atoms with Gasteiger partial charge < -0.3 is 16.2 Å². The van der Waals surface area contributed by atoms with Gasteiger partial charge in [-0.05, 0) is 42.0 Å². The fraction of sp³-hybridized carbons (Fsp3) is 0.400. The van der Waals surface area contributed by atoms with E-state index in [2.05, 4.69) is 31.3 Å². The van der Waals surface area contributed by atoms with Crippen LogP contribution in [0, 0.1) is 5.92 Å². The molecule has 3 nitrogen and oxygen atoms in total. The van der Waals surface area contributed by atoms with Gasteiger partial charge in [0.1, 0.15) is 0 Å². The molecule has 0 aromatic heterocycles. The Morgan fingerprint density at radius 1 is 0.958 bits per heavy atom. The van der Waals surface area contributed by atoms with Crippen molar-refractivity contribution in [2.24, 2.45) is 11.7 Å². The molecule has 2 aromatic rings. The Morgan fingerprint density at radius 2 is 1.58 bits per heavy atom. The largest absolute Gasteiger partial charge is 0.391 e. The molecule has 0 aliphatic rings. The Bertz CT molecular complexity index is 572. The summed E-state index contributed by atoms with van der Waals surface area (Å²) in [4.78, 5) is 0. The van der Waals surface area contributed by atoms with Gasteiger partial charge in [-0.1, -0.05) is 56.3 Å². The summed E-state index contributed by atoms with van der Waals surface area (Å²) in [6.07, 6.45) is 1.25. The molecule has 24 heavy (non-hydrogen) atoms. The van der Waals surface area contributed by atoms with Crippen LogP contribution in [-0.2, 0) is 6.54 Å². The molecule has 0 bridgehead atoms. The number of nitrogens with two attached hydrogens (primary N) is 1. The molecule has 0 heterocycles. The minimum atomic E-state index is -0.486. The maximum absolute atomic E-state index is 10.2. The SMILES string of the molecule is CC(C)CC[C@H](O)[C@H](N)c1ccc(NCc2ccccc2)cc1.Cl. The fourth-order valence-corrected chi connectivity index (χ4v) is 2.53. The first kappa shape index (κ1) is 20.5. The minimum Gasteiger partial charge on any atom is -0.391 e. The molecule has 0 unspecified atom stereocenters. The summed E-state index contributed by atoms with van der Waals surface area (Å²) in [5.41, 5.74) is 9.45. The molecule has 0 aliphatic heterocycles. The smallest absolute Gasteiger partial charge is 0.0732 e. The zero-order chi connectivity index (χ0) is 16.7. The molecule has 0 spiro atoms. The maximum atomic E-state index is 10.2. The molecule has 2 rings (SSSR count). The molecule has 2 atom stereocenters. The van der Waals surface area contributed by atoms with E-state index in [0.717, 1.165) is 30.6 Å². The third kappa shape index (κ3) is 6.52. The number of nitrogens with one attached hydrogen (secondary N) is 1. The summed E-state index contributed by atoms with van der Waals surface area (Å²) in [5.74, 6) is 0.585. The molecular weight excluding hydrogens is 320 g/mol. The number of rotatable bonds is 8. The van der Waals surface area contributed by atoms with Crippen LogP contribution in [-0.4, -0.2) is 11.2 Å². The molecule has 0 saturated heterocycles. The highest BCUT2D eigenvalue weighted by molar-refractivity contribution is 5.85. The van der Waals surface area contributed by atoms with Crippen molar-refractivity contribution in [2.45, 2.75) is 45.4 Å². The summed E-state index contributed by atoms with van der Waals surface area (Å²) < 4.78 is 0. The molecule has 4 heteroatoms. The number of hydrogen-bond acceptors (Lipinski definition) is 3. The first-order valence-corrected chi connectivity index (χ1v) is 8.37. The van der Waals surface area contributed by atoms with Crippen LogP contribution in [0.3, 0.4) is 0 Å². The molecular formula is C20H29ClN2O. The molecule has 0 fully saturated rings. The first-order chi connectivity index (χ1) is 11.1. The van der Waals surface area contributed by atoms with Gasteiger partial charge in [-0.2, -0.15) is 0 Å². The van der Waals surface area contributed by atoms with Crippen molar-refractivity contribution in [1.29, 1.82) is 0 Å².